The van der Waals surface area contributed by atoms with E-state index in [1.807, 2.05) is 6.07 Å². The predicted octanol–water partition coefficient (Wildman–Crippen LogP) is 3.37. The van der Waals surface area contributed by atoms with Gasteiger partial charge in [-0.1, -0.05) is 28.1 Å². The normalized spacial score (nSPS) is 20.2. The minimum Gasteiger partial charge on any atom is -0.312 e. The molecule has 20 heavy (non-hydrogen) atoms. The molecule has 0 unspecified atom stereocenters. The lowest BCUT2D eigenvalue weighted by molar-refractivity contribution is 0.198. The van der Waals surface area contributed by atoms with Gasteiger partial charge in [-0.15, -0.1) is 11.3 Å². The molecule has 5 heteroatoms. The molecule has 1 aromatic carbocycles. The van der Waals surface area contributed by atoms with Gasteiger partial charge in [0.1, 0.15) is 5.01 Å². The number of piperazine rings is 1. The summed E-state index contributed by atoms with van der Waals surface area (Å²) in [5.41, 5.74) is 2.36. The van der Waals surface area contributed by atoms with E-state index in [9.17, 15) is 0 Å². The molecule has 0 bridgehead atoms. The van der Waals surface area contributed by atoms with E-state index in [0.717, 1.165) is 35.7 Å². The molecule has 0 amide bonds. The van der Waals surface area contributed by atoms with Crippen LogP contribution < -0.4 is 5.32 Å². The number of nitrogens with one attached hydrogen (secondary N) is 1. The van der Waals surface area contributed by atoms with Gasteiger partial charge in [0.15, 0.2) is 0 Å². The van der Waals surface area contributed by atoms with Crippen LogP contribution in [0.5, 0.6) is 0 Å². The van der Waals surface area contributed by atoms with Gasteiger partial charge in [0.2, 0.25) is 0 Å². The van der Waals surface area contributed by atoms with E-state index in [2.05, 4.69) is 56.6 Å². The minimum atomic E-state index is 0.576. The summed E-state index contributed by atoms with van der Waals surface area (Å²) in [6, 6.07) is 8.90. The van der Waals surface area contributed by atoms with Gasteiger partial charge in [-0.05, 0) is 19.1 Å². The van der Waals surface area contributed by atoms with Crippen LogP contribution in [0, 0.1) is 0 Å². The lowest BCUT2D eigenvalue weighted by Crippen LogP contribution is -2.48. The Bertz CT molecular complexity index is 584. The van der Waals surface area contributed by atoms with E-state index in [-0.39, 0.29) is 0 Å². The van der Waals surface area contributed by atoms with Crippen LogP contribution in [0.25, 0.3) is 10.6 Å². The summed E-state index contributed by atoms with van der Waals surface area (Å²) in [5.74, 6) is 0. The molecule has 0 radical (unpaired) electrons. The van der Waals surface area contributed by atoms with Crippen molar-refractivity contribution in [2.24, 2.45) is 0 Å². The van der Waals surface area contributed by atoms with E-state index in [4.69, 9.17) is 4.98 Å². The molecule has 1 aromatic heterocycles. The Hall–Kier alpha value is -0.750. The summed E-state index contributed by atoms with van der Waals surface area (Å²) in [6.07, 6.45) is 0. The summed E-state index contributed by atoms with van der Waals surface area (Å²) in [4.78, 5) is 7.25. The lowest BCUT2D eigenvalue weighted by Gasteiger charge is -2.31. The highest BCUT2D eigenvalue weighted by molar-refractivity contribution is 9.10. The van der Waals surface area contributed by atoms with Crippen molar-refractivity contribution in [2.45, 2.75) is 19.5 Å². The second-order valence-electron chi connectivity index (χ2n) is 5.24. The van der Waals surface area contributed by atoms with Crippen LogP contribution in [0.4, 0.5) is 0 Å². The molecule has 1 saturated heterocycles. The summed E-state index contributed by atoms with van der Waals surface area (Å²) < 4.78 is 1.10. The third-order valence-corrected chi connectivity index (χ3v) is 4.90. The molecule has 106 valence electrons. The third kappa shape index (κ3) is 3.47. The van der Waals surface area contributed by atoms with E-state index < -0.39 is 0 Å². The smallest absolute Gasteiger partial charge is 0.123 e. The number of benzene rings is 1. The van der Waals surface area contributed by atoms with Gasteiger partial charge in [-0.2, -0.15) is 0 Å². The molecule has 2 heterocycles. The topological polar surface area (TPSA) is 28.2 Å². The summed E-state index contributed by atoms with van der Waals surface area (Å²) in [5, 5.41) is 6.76. The number of thiazole rings is 1. The molecular formula is C15H18BrN3S. The average Bonchev–Trinajstić information content (AvgIpc) is 2.87. The van der Waals surface area contributed by atoms with Crippen LogP contribution in [-0.2, 0) is 6.54 Å². The van der Waals surface area contributed by atoms with E-state index >= 15 is 0 Å². The van der Waals surface area contributed by atoms with Gasteiger partial charge >= 0.3 is 0 Å². The Balaban J connectivity index is 1.70. The third-order valence-electron chi connectivity index (χ3n) is 3.46. The zero-order valence-electron chi connectivity index (χ0n) is 11.5. The highest BCUT2D eigenvalue weighted by Gasteiger charge is 2.16. The fourth-order valence-corrected chi connectivity index (χ4v) is 3.73. The molecule has 1 aliphatic rings. The van der Waals surface area contributed by atoms with E-state index in [0.29, 0.717) is 6.04 Å². The number of aromatic nitrogens is 1. The predicted molar refractivity (Wildman–Crippen MR) is 88.0 cm³/mol. The van der Waals surface area contributed by atoms with Crippen LogP contribution >= 0.6 is 27.3 Å². The highest BCUT2D eigenvalue weighted by atomic mass is 79.9. The van der Waals surface area contributed by atoms with Crippen LogP contribution in [0.1, 0.15) is 12.6 Å². The first kappa shape index (κ1) is 14.2. The zero-order valence-corrected chi connectivity index (χ0v) is 13.9. The molecule has 1 aliphatic heterocycles. The van der Waals surface area contributed by atoms with Crippen molar-refractivity contribution >= 4 is 27.3 Å². The van der Waals surface area contributed by atoms with Crippen molar-refractivity contribution in [3.8, 4) is 10.6 Å². The molecule has 0 saturated carbocycles. The number of nitrogens with zero attached hydrogens (tertiary/aromatic N) is 2. The Morgan fingerprint density at radius 2 is 2.40 bits per heavy atom. The van der Waals surface area contributed by atoms with Gasteiger partial charge in [0.05, 0.1) is 5.69 Å². The van der Waals surface area contributed by atoms with Crippen molar-refractivity contribution in [1.29, 1.82) is 0 Å². The Kier molecular flexibility index (Phi) is 4.51. The summed E-state index contributed by atoms with van der Waals surface area (Å²) in [7, 11) is 0. The number of rotatable bonds is 3. The molecule has 2 aromatic rings. The molecule has 0 spiro atoms. The van der Waals surface area contributed by atoms with Crippen molar-refractivity contribution in [3.05, 3.63) is 39.8 Å². The Labute approximate surface area is 132 Å². The average molecular weight is 352 g/mol. The van der Waals surface area contributed by atoms with Crippen molar-refractivity contribution in [3.63, 3.8) is 0 Å². The lowest BCUT2D eigenvalue weighted by atomic mass is 10.2. The van der Waals surface area contributed by atoms with Gasteiger partial charge in [0, 0.05) is 47.6 Å². The van der Waals surface area contributed by atoms with E-state index in [1.165, 1.54) is 11.3 Å². The first-order valence-electron chi connectivity index (χ1n) is 6.87. The Morgan fingerprint density at radius 3 is 3.20 bits per heavy atom. The quantitative estimate of drug-likeness (QED) is 0.918. The molecule has 1 N–H and O–H groups in total. The largest absolute Gasteiger partial charge is 0.312 e. The maximum absolute atomic E-state index is 4.78. The molecule has 0 aliphatic carbocycles. The minimum absolute atomic E-state index is 0.576. The molecule has 3 nitrogen and oxygen atoms in total. The highest BCUT2D eigenvalue weighted by Crippen LogP contribution is 2.26. The van der Waals surface area contributed by atoms with Crippen LogP contribution in [0.2, 0.25) is 0 Å². The van der Waals surface area contributed by atoms with Gasteiger partial charge in [-0.3, -0.25) is 4.90 Å². The first-order chi connectivity index (χ1) is 9.70. The van der Waals surface area contributed by atoms with Crippen molar-refractivity contribution in [2.75, 3.05) is 19.6 Å². The number of hydrogen-bond acceptors (Lipinski definition) is 4. The monoisotopic (exact) mass is 351 g/mol. The SMILES string of the molecule is C[C@@H]1CN(Cc2csc(-c3cccc(Br)c3)n2)CCN1. The maximum Gasteiger partial charge on any atom is 0.123 e. The van der Waals surface area contributed by atoms with Crippen molar-refractivity contribution in [1.82, 2.24) is 15.2 Å². The van der Waals surface area contributed by atoms with Crippen LogP contribution in [-0.4, -0.2) is 35.6 Å². The fourth-order valence-electron chi connectivity index (χ4n) is 2.52. The molecule has 1 atom stereocenters. The molecule has 3 rings (SSSR count). The van der Waals surface area contributed by atoms with Crippen LogP contribution in [0.3, 0.4) is 0 Å². The molecular weight excluding hydrogens is 334 g/mol. The fraction of sp³-hybridized carbons (Fsp3) is 0.400. The summed E-state index contributed by atoms with van der Waals surface area (Å²) >= 11 is 5.24. The second kappa shape index (κ2) is 6.35. The van der Waals surface area contributed by atoms with Crippen LogP contribution in [0.15, 0.2) is 34.1 Å². The van der Waals surface area contributed by atoms with Gasteiger partial charge < -0.3 is 5.32 Å². The van der Waals surface area contributed by atoms with E-state index in [1.54, 1.807) is 11.3 Å². The number of halogens is 1. The zero-order chi connectivity index (χ0) is 13.9. The number of hydrogen-bond donors (Lipinski definition) is 1. The van der Waals surface area contributed by atoms with Gasteiger partial charge in [0.25, 0.3) is 0 Å². The second-order valence-corrected chi connectivity index (χ2v) is 7.02. The molecule has 1 fully saturated rings. The van der Waals surface area contributed by atoms with Gasteiger partial charge in [-0.25, -0.2) is 4.98 Å². The Morgan fingerprint density at radius 1 is 1.50 bits per heavy atom. The standard InChI is InChI=1S/C15H18BrN3S/c1-11-8-19(6-5-17-11)9-14-10-20-15(18-14)12-3-2-4-13(16)7-12/h2-4,7,10-11,17H,5-6,8-9H2,1H3/t11-/m1/s1. The van der Waals surface area contributed by atoms with Crippen molar-refractivity contribution < 1.29 is 0 Å². The maximum atomic E-state index is 4.78. The summed E-state index contributed by atoms with van der Waals surface area (Å²) in [6.45, 7) is 6.47. The first-order valence-corrected chi connectivity index (χ1v) is 8.54.